The second-order valence-electron chi connectivity index (χ2n) is 4.86. The summed E-state index contributed by atoms with van der Waals surface area (Å²) in [6.45, 7) is 2.03. The largest absolute Gasteiger partial charge is 0.253 e. The highest BCUT2D eigenvalue weighted by molar-refractivity contribution is 7.87. The maximum atomic E-state index is 12.3. The van der Waals surface area contributed by atoms with Crippen molar-refractivity contribution in [2.75, 3.05) is 0 Å². The highest BCUT2D eigenvalue weighted by Crippen LogP contribution is 2.32. The van der Waals surface area contributed by atoms with E-state index in [1.54, 1.807) is 0 Å². The van der Waals surface area contributed by atoms with Crippen LogP contribution < -0.4 is 0 Å². The van der Waals surface area contributed by atoms with Crippen LogP contribution in [0.5, 0.6) is 0 Å². The molecule has 2 unspecified atom stereocenters. The normalized spacial score (nSPS) is 21.1. The molecule has 1 saturated carbocycles. The van der Waals surface area contributed by atoms with Crippen LogP contribution in [0.1, 0.15) is 37.7 Å². The Balaban J connectivity index is 2.05. The second-order valence-corrected chi connectivity index (χ2v) is 7.16. The number of rotatable bonds is 3. The van der Waals surface area contributed by atoms with Crippen LogP contribution in [-0.2, 0) is 10.8 Å². The molecule has 0 N–H and O–H groups in total. The van der Waals surface area contributed by atoms with Crippen LogP contribution in [0.4, 0.5) is 0 Å². The molecular weight excluding hydrogens is 252 g/mol. The topological polar surface area (TPSA) is 17.1 Å². The fourth-order valence-corrected chi connectivity index (χ4v) is 4.22. The Kier molecular flexibility index (Phi) is 4.63. The van der Waals surface area contributed by atoms with Gasteiger partial charge in [0.2, 0.25) is 0 Å². The van der Waals surface area contributed by atoms with Gasteiger partial charge in [-0.05, 0) is 37.8 Å². The molecule has 1 aromatic carbocycles. The fraction of sp³-hybridized carbons (Fsp3) is 0.571. The summed E-state index contributed by atoms with van der Waals surface area (Å²) in [5.41, 5.74) is 1.19. The highest BCUT2D eigenvalue weighted by atomic mass is 35.5. The first-order chi connectivity index (χ1) is 8.18. The monoisotopic (exact) mass is 270 g/mol. The van der Waals surface area contributed by atoms with Crippen molar-refractivity contribution in [2.45, 2.75) is 48.6 Å². The van der Waals surface area contributed by atoms with Crippen LogP contribution in [0, 0.1) is 12.8 Å². The van der Waals surface area contributed by atoms with Gasteiger partial charge in [0.05, 0.1) is 10.8 Å². The van der Waals surface area contributed by atoms with Gasteiger partial charge in [-0.25, -0.2) is 0 Å². The van der Waals surface area contributed by atoms with Crippen molar-refractivity contribution in [3.63, 3.8) is 0 Å². The lowest BCUT2D eigenvalue weighted by atomic mass is 9.91. The van der Waals surface area contributed by atoms with Gasteiger partial charge in [-0.15, -0.1) is 11.6 Å². The van der Waals surface area contributed by atoms with Gasteiger partial charge in [0.15, 0.2) is 0 Å². The van der Waals surface area contributed by atoms with Crippen LogP contribution in [0.25, 0.3) is 0 Å². The van der Waals surface area contributed by atoms with Crippen LogP contribution >= 0.6 is 11.6 Å². The summed E-state index contributed by atoms with van der Waals surface area (Å²) in [5, 5.41) is 0. The third-order valence-electron chi connectivity index (χ3n) is 3.48. The molecule has 1 fully saturated rings. The number of benzene rings is 1. The molecule has 2 atom stereocenters. The zero-order valence-electron chi connectivity index (χ0n) is 10.2. The lowest BCUT2D eigenvalue weighted by Crippen LogP contribution is -2.22. The SMILES string of the molecule is Cc1ccc(S(=O)C(Cl)C2CCCCC2)cc1. The van der Waals surface area contributed by atoms with E-state index in [0.717, 1.165) is 17.7 Å². The molecular formula is C14H19ClOS. The standard InChI is InChI=1S/C14H19ClOS/c1-11-7-9-13(10-8-11)17(16)14(15)12-5-3-2-4-6-12/h7-10,12,14H,2-6H2,1H3. The molecule has 94 valence electrons. The highest BCUT2D eigenvalue weighted by Gasteiger charge is 2.27. The summed E-state index contributed by atoms with van der Waals surface area (Å²) >= 11 is 6.38. The predicted octanol–water partition coefficient (Wildman–Crippen LogP) is 4.25. The second kappa shape index (κ2) is 6.01. The minimum Gasteiger partial charge on any atom is -0.253 e. The summed E-state index contributed by atoms with van der Waals surface area (Å²) in [5.74, 6) is 0.424. The van der Waals surface area contributed by atoms with Crippen molar-refractivity contribution in [2.24, 2.45) is 5.92 Å². The maximum Gasteiger partial charge on any atom is 0.116 e. The number of halogens is 1. The van der Waals surface area contributed by atoms with Crippen LogP contribution in [0.15, 0.2) is 29.2 Å². The average molecular weight is 271 g/mol. The summed E-state index contributed by atoms with van der Waals surface area (Å²) < 4.78 is 12.1. The Morgan fingerprint density at radius 3 is 2.35 bits per heavy atom. The van der Waals surface area contributed by atoms with E-state index in [4.69, 9.17) is 11.6 Å². The lowest BCUT2D eigenvalue weighted by molar-refractivity contribution is 0.376. The summed E-state index contributed by atoms with van der Waals surface area (Å²) in [6.07, 6.45) is 6.03. The first kappa shape index (κ1) is 13.1. The molecule has 0 aliphatic heterocycles. The van der Waals surface area contributed by atoms with E-state index in [0.29, 0.717) is 5.92 Å². The number of hydrogen-bond donors (Lipinski definition) is 0. The van der Waals surface area contributed by atoms with E-state index in [9.17, 15) is 4.21 Å². The molecule has 0 saturated heterocycles. The molecule has 2 rings (SSSR count). The molecule has 3 heteroatoms. The molecule has 1 aliphatic rings. The molecule has 0 aromatic heterocycles. The third kappa shape index (κ3) is 3.32. The minimum absolute atomic E-state index is 0.224. The average Bonchev–Trinajstić information content (AvgIpc) is 2.39. The van der Waals surface area contributed by atoms with Crippen LogP contribution in [-0.4, -0.2) is 8.92 Å². The predicted molar refractivity (Wildman–Crippen MR) is 73.8 cm³/mol. The van der Waals surface area contributed by atoms with E-state index in [-0.39, 0.29) is 4.71 Å². The van der Waals surface area contributed by atoms with Gasteiger partial charge in [-0.2, -0.15) is 0 Å². The lowest BCUT2D eigenvalue weighted by Gasteiger charge is -2.25. The van der Waals surface area contributed by atoms with E-state index < -0.39 is 10.8 Å². The molecule has 0 heterocycles. The summed E-state index contributed by atoms with van der Waals surface area (Å²) in [6, 6.07) is 7.86. The van der Waals surface area contributed by atoms with E-state index >= 15 is 0 Å². The Morgan fingerprint density at radius 1 is 1.18 bits per heavy atom. The van der Waals surface area contributed by atoms with Gasteiger partial charge in [0.25, 0.3) is 0 Å². The zero-order chi connectivity index (χ0) is 12.3. The van der Waals surface area contributed by atoms with Crippen molar-refractivity contribution >= 4 is 22.4 Å². The van der Waals surface area contributed by atoms with Crippen LogP contribution in [0.3, 0.4) is 0 Å². The summed E-state index contributed by atoms with van der Waals surface area (Å²) in [4.78, 5) is 0.862. The minimum atomic E-state index is -1.07. The number of aryl methyl sites for hydroxylation is 1. The van der Waals surface area contributed by atoms with E-state index in [1.807, 2.05) is 31.2 Å². The smallest absolute Gasteiger partial charge is 0.116 e. The molecule has 1 nitrogen and oxygen atoms in total. The van der Waals surface area contributed by atoms with Gasteiger partial charge in [-0.3, -0.25) is 4.21 Å². The maximum absolute atomic E-state index is 12.3. The zero-order valence-corrected chi connectivity index (χ0v) is 11.8. The van der Waals surface area contributed by atoms with Crippen molar-refractivity contribution in [1.29, 1.82) is 0 Å². The fourth-order valence-electron chi connectivity index (χ4n) is 2.37. The number of alkyl halides is 1. The van der Waals surface area contributed by atoms with Gasteiger partial charge >= 0.3 is 0 Å². The number of hydrogen-bond acceptors (Lipinski definition) is 1. The molecule has 17 heavy (non-hydrogen) atoms. The van der Waals surface area contributed by atoms with E-state index in [2.05, 4.69) is 0 Å². The van der Waals surface area contributed by atoms with Crippen molar-refractivity contribution in [1.82, 2.24) is 0 Å². The van der Waals surface area contributed by atoms with Crippen molar-refractivity contribution in [3.05, 3.63) is 29.8 Å². The van der Waals surface area contributed by atoms with E-state index in [1.165, 1.54) is 24.8 Å². The Hall–Kier alpha value is -0.340. The Labute approximate surface area is 111 Å². The van der Waals surface area contributed by atoms with Gasteiger partial charge in [0, 0.05) is 4.90 Å². The van der Waals surface area contributed by atoms with Gasteiger partial charge in [0.1, 0.15) is 4.71 Å². The quantitative estimate of drug-likeness (QED) is 0.751. The molecule has 0 radical (unpaired) electrons. The third-order valence-corrected chi connectivity index (χ3v) is 5.85. The molecule has 1 aliphatic carbocycles. The van der Waals surface area contributed by atoms with Crippen molar-refractivity contribution < 1.29 is 4.21 Å². The molecule has 0 amide bonds. The first-order valence-corrected chi connectivity index (χ1v) is 7.95. The Bertz CT molecular complexity index is 382. The van der Waals surface area contributed by atoms with Gasteiger partial charge in [-0.1, -0.05) is 37.0 Å². The first-order valence-electron chi connectivity index (χ1n) is 6.30. The van der Waals surface area contributed by atoms with Crippen molar-refractivity contribution in [3.8, 4) is 0 Å². The molecule has 1 aromatic rings. The molecule has 0 spiro atoms. The molecule has 0 bridgehead atoms. The Morgan fingerprint density at radius 2 is 1.76 bits per heavy atom. The van der Waals surface area contributed by atoms with Gasteiger partial charge < -0.3 is 0 Å². The summed E-state index contributed by atoms with van der Waals surface area (Å²) in [7, 11) is -1.07. The van der Waals surface area contributed by atoms with Crippen LogP contribution in [0.2, 0.25) is 0 Å².